The van der Waals surface area contributed by atoms with Crippen LogP contribution in [0.4, 0.5) is 0 Å². The zero-order valence-corrected chi connectivity index (χ0v) is 12.0. The molecular formula is C14H29N3O. The fourth-order valence-corrected chi connectivity index (χ4v) is 3.36. The van der Waals surface area contributed by atoms with E-state index in [9.17, 15) is 0 Å². The molecule has 0 bridgehead atoms. The summed E-state index contributed by atoms with van der Waals surface area (Å²) in [6.07, 6.45) is 5.22. The number of rotatable bonds is 3. The molecule has 2 aliphatic heterocycles. The molecule has 2 aliphatic rings. The molecule has 0 saturated carbocycles. The molecule has 0 radical (unpaired) electrons. The van der Waals surface area contributed by atoms with Crippen LogP contribution in [-0.4, -0.2) is 67.8 Å². The van der Waals surface area contributed by atoms with Crippen LogP contribution in [-0.2, 0) is 4.74 Å². The Morgan fingerprint density at radius 3 is 2.83 bits per heavy atom. The maximum Gasteiger partial charge on any atom is 0.0700 e. The van der Waals surface area contributed by atoms with Crippen LogP contribution in [0.1, 0.15) is 32.6 Å². The highest BCUT2D eigenvalue weighted by Gasteiger charge is 2.38. The van der Waals surface area contributed by atoms with Crippen LogP contribution in [0.25, 0.3) is 0 Å². The zero-order valence-electron chi connectivity index (χ0n) is 12.0. The van der Waals surface area contributed by atoms with Gasteiger partial charge in [-0.3, -0.25) is 4.90 Å². The second-order valence-corrected chi connectivity index (χ2v) is 5.93. The molecule has 0 amide bonds. The number of ether oxygens (including phenoxy) is 1. The molecule has 18 heavy (non-hydrogen) atoms. The third kappa shape index (κ3) is 3.05. The average molecular weight is 255 g/mol. The van der Waals surface area contributed by atoms with Crippen LogP contribution in [0.3, 0.4) is 0 Å². The van der Waals surface area contributed by atoms with E-state index in [0.717, 1.165) is 32.7 Å². The summed E-state index contributed by atoms with van der Waals surface area (Å²) < 4.78 is 5.80. The van der Waals surface area contributed by atoms with E-state index in [1.165, 1.54) is 32.4 Å². The Kier molecular flexibility index (Phi) is 5.01. The summed E-state index contributed by atoms with van der Waals surface area (Å²) in [5, 5.41) is 0. The lowest BCUT2D eigenvalue weighted by molar-refractivity contribution is -0.0726. The molecule has 4 nitrogen and oxygen atoms in total. The monoisotopic (exact) mass is 255 g/mol. The van der Waals surface area contributed by atoms with Gasteiger partial charge >= 0.3 is 0 Å². The number of hydrogen-bond donors (Lipinski definition) is 1. The largest absolute Gasteiger partial charge is 0.376 e. The first-order valence-electron chi connectivity index (χ1n) is 7.45. The number of nitrogens with two attached hydrogens (primary N) is 1. The van der Waals surface area contributed by atoms with Crippen molar-refractivity contribution in [3.8, 4) is 0 Å². The maximum atomic E-state index is 6.17. The summed E-state index contributed by atoms with van der Waals surface area (Å²) in [5.74, 6) is 0. The molecular weight excluding hydrogens is 226 g/mol. The van der Waals surface area contributed by atoms with Crippen molar-refractivity contribution in [3.63, 3.8) is 0 Å². The second kappa shape index (κ2) is 6.33. The highest BCUT2D eigenvalue weighted by atomic mass is 16.5. The summed E-state index contributed by atoms with van der Waals surface area (Å²) in [6, 6.07) is 0. The summed E-state index contributed by atoms with van der Waals surface area (Å²) in [7, 11) is 2.22. The van der Waals surface area contributed by atoms with Crippen molar-refractivity contribution in [1.29, 1.82) is 0 Å². The topological polar surface area (TPSA) is 41.7 Å². The van der Waals surface area contributed by atoms with Gasteiger partial charge in [-0.2, -0.15) is 0 Å². The number of morpholine rings is 1. The fourth-order valence-electron chi connectivity index (χ4n) is 3.36. The van der Waals surface area contributed by atoms with Crippen LogP contribution < -0.4 is 5.73 Å². The van der Waals surface area contributed by atoms with E-state index in [2.05, 4.69) is 23.8 Å². The lowest BCUT2D eigenvalue weighted by Crippen LogP contribution is -2.59. The Bertz CT molecular complexity index is 261. The van der Waals surface area contributed by atoms with Gasteiger partial charge in [-0.1, -0.05) is 6.92 Å². The van der Waals surface area contributed by atoms with Crippen molar-refractivity contribution in [2.75, 3.05) is 46.4 Å². The molecule has 0 aliphatic carbocycles. The third-order valence-corrected chi connectivity index (χ3v) is 4.79. The quantitative estimate of drug-likeness (QED) is 0.814. The molecule has 0 aromatic carbocycles. The van der Waals surface area contributed by atoms with E-state index < -0.39 is 0 Å². The van der Waals surface area contributed by atoms with Gasteiger partial charge < -0.3 is 15.4 Å². The van der Waals surface area contributed by atoms with Crippen LogP contribution in [0.2, 0.25) is 0 Å². The van der Waals surface area contributed by atoms with Crippen molar-refractivity contribution in [2.24, 2.45) is 5.73 Å². The predicted molar refractivity (Wildman–Crippen MR) is 74.7 cm³/mol. The highest BCUT2D eigenvalue weighted by molar-refractivity contribution is 4.96. The molecule has 0 aromatic heterocycles. The molecule has 0 spiro atoms. The predicted octanol–water partition coefficient (Wildman–Crippen LogP) is 0.910. The van der Waals surface area contributed by atoms with Gasteiger partial charge in [0.15, 0.2) is 0 Å². The lowest BCUT2D eigenvalue weighted by Gasteiger charge is -2.47. The minimum absolute atomic E-state index is 0.224. The molecule has 2 heterocycles. The van der Waals surface area contributed by atoms with Gasteiger partial charge in [0.2, 0.25) is 0 Å². The minimum Gasteiger partial charge on any atom is -0.376 e. The SMILES string of the molecule is CCC1CN(C2(CN)CCCN(C)CC2)CCO1. The summed E-state index contributed by atoms with van der Waals surface area (Å²) in [5.41, 5.74) is 6.39. The van der Waals surface area contributed by atoms with E-state index in [-0.39, 0.29) is 5.54 Å². The van der Waals surface area contributed by atoms with Crippen LogP contribution in [0.15, 0.2) is 0 Å². The molecule has 2 fully saturated rings. The first kappa shape index (κ1) is 14.3. The first-order valence-corrected chi connectivity index (χ1v) is 7.45. The van der Waals surface area contributed by atoms with Crippen LogP contribution in [0.5, 0.6) is 0 Å². The molecule has 0 aromatic rings. The van der Waals surface area contributed by atoms with Crippen molar-refractivity contribution < 1.29 is 4.74 Å². The average Bonchev–Trinajstić information content (AvgIpc) is 2.61. The Labute approximate surface area is 111 Å². The van der Waals surface area contributed by atoms with Crippen molar-refractivity contribution >= 4 is 0 Å². The minimum atomic E-state index is 0.224. The molecule has 106 valence electrons. The van der Waals surface area contributed by atoms with Gasteiger partial charge in [-0.15, -0.1) is 0 Å². The molecule has 2 saturated heterocycles. The molecule has 4 heteroatoms. The van der Waals surface area contributed by atoms with Gasteiger partial charge in [0.1, 0.15) is 0 Å². The van der Waals surface area contributed by atoms with Gasteiger partial charge in [-0.05, 0) is 45.8 Å². The van der Waals surface area contributed by atoms with Crippen LogP contribution >= 0.6 is 0 Å². The van der Waals surface area contributed by atoms with Gasteiger partial charge in [-0.25, -0.2) is 0 Å². The van der Waals surface area contributed by atoms with E-state index in [1.807, 2.05) is 0 Å². The van der Waals surface area contributed by atoms with E-state index in [4.69, 9.17) is 10.5 Å². The lowest BCUT2D eigenvalue weighted by atomic mass is 9.87. The fraction of sp³-hybridized carbons (Fsp3) is 1.00. The number of likely N-dealkylation sites (tertiary alicyclic amines) is 1. The molecule has 2 N–H and O–H groups in total. The third-order valence-electron chi connectivity index (χ3n) is 4.79. The Morgan fingerprint density at radius 1 is 1.28 bits per heavy atom. The smallest absolute Gasteiger partial charge is 0.0700 e. The van der Waals surface area contributed by atoms with E-state index in [1.54, 1.807) is 0 Å². The zero-order chi connectivity index (χ0) is 13.0. The summed E-state index contributed by atoms with van der Waals surface area (Å²) >= 11 is 0. The van der Waals surface area contributed by atoms with Gasteiger partial charge in [0.05, 0.1) is 12.7 Å². The molecule has 2 atom stereocenters. The Morgan fingerprint density at radius 2 is 2.11 bits per heavy atom. The van der Waals surface area contributed by atoms with Gasteiger partial charge in [0.25, 0.3) is 0 Å². The maximum absolute atomic E-state index is 6.17. The van der Waals surface area contributed by atoms with Crippen molar-refractivity contribution in [3.05, 3.63) is 0 Å². The van der Waals surface area contributed by atoms with Crippen LogP contribution in [0, 0.1) is 0 Å². The number of nitrogens with zero attached hydrogens (tertiary/aromatic N) is 2. The Balaban J connectivity index is 2.05. The second-order valence-electron chi connectivity index (χ2n) is 5.93. The molecule has 2 rings (SSSR count). The van der Waals surface area contributed by atoms with Crippen molar-refractivity contribution in [2.45, 2.75) is 44.2 Å². The summed E-state index contributed by atoms with van der Waals surface area (Å²) in [6.45, 7) is 8.38. The Hall–Kier alpha value is -0.160. The van der Waals surface area contributed by atoms with E-state index >= 15 is 0 Å². The van der Waals surface area contributed by atoms with E-state index in [0.29, 0.717) is 6.10 Å². The first-order chi connectivity index (χ1) is 8.70. The number of hydrogen-bond acceptors (Lipinski definition) is 4. The molecule has 2 unspecified atom stereocenters. The highest BCUT2D eigenvalue weighted by Crippen LogP contribution is 2.30. The normalized spacial score (nSPS) is 36.5. The standard InChI is InChI=1S/C14H29N3O/c1-3-13-11-17(9-10-18-13)14(12-15)5-4-7-16(2)8-6-14/h13H,3-12,15H2,1-2H3. The van der Waals surface area contributed by atoms with Crippen molar-refractivity contribution in [1.82, 2.24) is 9.80 Å². The van der Waals surface area contributed by atoms with Gasteiger partial charge in [0, 0.05) is 25.2 Å². The summed E-state index contributed by atoms with van der Waals surface area (Å²) in [4.78, 5) is 5.07.